The van der Waals surface area contributed by atoms with Gasteiger partial charge in [-0.2, -0.15) is 5.10 Å². The molecule has 1 aliphatic rings. The number of urea groups is 1. The van der Waals surface area contributed by atoms with Gasteiger partial charge >= 0.3 is 12.0 Å². The first-order valence-electron chi connectivity index (χ1n) is 14.2. The van der Waals surface area contributed by atoms with E-state index in [0.717, 1.165) is 29.1 Å². The summed E-state index contributed by atoms with van der Waals surface area (Å²) >= 11 is 0. The number of aliphatic hydroxyl groups excluding tert-OH is 1. The molecule has 0 radical (unpaired) electrons. The SMILES string of the molecule is CCOc1cc([C@@H]2NC(=O)NC(C)=C2C(=O)OC)ccc1OC[C@@H](O)N/N=C\c1cc(C)n(-c2ccc(CC)cc2)c1C. The number of carbonyl (C=O) groups excluding carboxylic acids is 2. The van der Waals surface area contributed by atoms with Crippen molar-refractivity contribution >= 4 is 18.2 Å². The molecule has 2 aromatic carbocycles. The Bertz CT molecular complexity index is 1530. The van der Waals surface area contributed by atoms with E-state index in [9.17, 15) is 14.7 Å². The van der Waals surface area contributed by atoms with Crippen molar-refractivity contribution in [2.75, 3.05) is 20.3 Å². The van der Waals surface area contributed by atoms with Crippen LogP contribution in [-0.4, -0.2) is 54.4 Å². The molecular formula is C32H39N5O6. The smallest absolute Gasteiger partial charge is 0.337 e. The Balaban J connectivity index is 1.42. The number of carbonyl (C=O) groups is 2. The van der Waals surface area contributed by atoms with Crippen LogP contribution in [0, 0.1) is 13.8 Å². The number of nitrogens with one attached hydrogen (secondary N) is 3. The Labute approximate surface area is 251 Å². The average molecular weight is 590 g/mol. The van der Waals surface area contributed by atoms with E-state index in [-0.39, 0.29) is 12.2 Å². The zero-order valence-corrected chi connectivity index (χ0v) is 25.4. The summed E-state index contributed by atoms with van der Waals surface area (Å²) in [6.45, 7) is 9.91. The first-order valence-corrected chi connectivity index (χ1v) is 14.2. The number of esters is 1. The molecule has 228 valence electrons. The summed E-state index contributed by atoms with van der Waals surface area (Å²) in [5.41, 5.74) is 9.39. The number of nitrogens with zero attached hydrogens (tertiary/aromatic N) is 2. The van der Waals surface area contributed by atoms with Crippen molar-refractivity contribution in [2.24, 2.45) is 5.10 Å². The largest absolute Gasteiger partial charge is 0.490 e. The van der Waals surface area contributed by atoms with E-state index in [0.29, 0.717) is 29.4 Å². The van der Waals surface area contributed by atoms with Crippen LogP contribution in [0.1, 0.15) is 54.9 Å². The van der Waals surface area contributed by atoms with Crippen LogP contribution in [0.3, 0.4) is 0 Å². The molecule has 0 unspecified atom stereocenters. The van der Waals surface area contributed by atoms with Gasteiger partial charge in [0.2, 0.25) is 0 Å². The third-order valence-corrected chi connectivity index (χ3v) is 7.17. The quantitative estimate of drug-likeness (QED) is 0.108. The van der Waals surface area contributed by atoms with Crippen molar-refractivity contribution in [3.05, 3.63) is 87.9 Å². The van der Waals surface area contributed by atoms with Gasteiger partial charge in [-0.1, -0.05) is 25.1 Å². The number of methoxy groups -OCH3 is 1. The lowest BCUT2D eigenvalue weighted by Crippen LogP contribution is -2.45. The molecule has 0 saturated heterocycles. The molecule has 43 heavy (non-hydrogen) atoms. The zero-order chi connectivity index (χ0) is 31.1. The average Bonchev–Trinajstić information content (AvgIpc) is 3.28. The Morgan fingerprint density at radius 2 is 1.84 bits per heavy atom. The number of amides is 2. The minimum atomic E-state index is -1.10. The number of ether oxygens (including phenoxy) is 3. The van der Waals surface area contributed by atoms with E-state index in [4.69, 9.17) is 14.2 Å². The van der Waals surface area contributed by atoms with Gasteiger partial charge in [-0.05, 0) is 75.6 Å². The van der Waals surface area contributed by atoms with E-state index in [1.54, 1.807) is 31.3 Å². The Hall–Kier alpha value is -4.77. The molecule has 11 heteroatoms. The van der Waals surface area contributed by atoms with Gasteiger partial charge in [0.05, 0.1) is 31.5 Å². The maximum atomic E-state index is 12.4. The van der Waals surface area contributed by atoms with Crippen LogP contribution in [0.25, 0.3) is 5.69 Å². The number of hydrogen-bond donors (Lipinski definition) is 4. The van der Waals surface area contributed by atoms with Crippen LogP contribution in [-0.2, 0) is 16.0 Å². The van der Waals surface area contributed by atoms with Crippen LogP contribution < -0.4 is 25.5 Å². The molecule has 0 bridgehead atoms. The van der Waals surface area contributed by atoms with Crippen LogP contribution in [0.15, 0.2) is 64.9 Å². The molecule has 0 saturated carbocycles. The van der Waals surface area contributed by atoms with Crippen LogP contribution >= 0.6 is 0 Å². The highest BCUT2D eigenvalue weighted by molar-refractivity contribution is 5.95. The molecule has 2 atom stereocenters. The molecule has 11 nitrogen and oxygen atoms in total. The van der Waals surface area contributed by atoms with E-state index in [1.165, 1.54) is 12.7 Å². The normalized spacial score (nSPS) is 15.6. The number of aryl methyl sites for hydroxylation is 2. The summed E-state index contributed by atoms with van der Waals surface area (Å²) in [6, 6.07) is 14.4. The van der Waals surface area contributed by atoms with E-state index in [1.807, 2.05) is 26.8 Å². The highest BCUT2D eigenvalue weighted by Gasteiger charge is 2.32. The molecule has 4 N–H and O–H groups in total. The first-order chi connectivity index (χ1) is 20.7. The maximum Gasteiger partial charge on any atom is 0.337 e. The Kier molecular flexibility index (Phi) is 10.1. The van der Waals surface area contributed by atoms with Gasteiger partial charge in [-0.3, -0.25) is 5.43 Å². The van der Waals surface area contributed by atoms with Crippen molar-refractivity contribution in [2.45, 2.75) is 53.3 Å². The predicted octanol–water partition coefficient (Wildman–Crippen LogP) is 4.18. The van der Waals surface area contributed by atoms with Gasteiger partial charge in [-0.15, -0.1) is 0 Å². The van der Waals surface area contributed by atoms with Gasteiger partial charge in [0.15, 0.2) is 17.7 Å². The number of hydrazone groups is 1. The molecule has 4 rings (SSSR count). The lowest BCUT2D eigenvalue weighted by molar-refractivity contribution is -0.136. The number of hydrogen-bond acceptors (Lipinski definition) is 8. The first kappa shape index (κ1) is 31.2. The summed E-state index contributed by atoms with van der Waals surface area (Å²) in [5, 5.41) is 20.1. The molecule has 3 aromatic rings. The van der Waals surface area contributed by atoms with Crippen molar-refractivity contribution < 1.29 is 28.9 Å². The fourth-order valence-electron chi connectivity index (χ4n) is 5.01. The molecule has 1 aliphatic heterocycles. The second kappa shape index (κ2) is 13.9. The standard InChI is InChI=1S/C32H39N5O6/c1-7-22-9-12-25(13-10-22)37-19(3)15-24(21(37)5)17-33-36-28(38)18-43-26-14-11-23(16-27(26)42-8-2)30-29(31(39)41-6)20(4)34-32(40)35-30/h9-17,28,30,36,38H,7-8,18H2,1-6H3,(H2,34,35,40)/b33-17-/t28-,30+/m1/s1. The third-order valence-electron chi connectivity index (χ3n) is 7.17. The summed E-state index contributed by atoms with van der Waals surface area (Å²) in [7, 11) is 1.28. The molecule has 0 fully saturated rings. The number of allylic oxidation sites excluding steroid dienone is 1. The van der Waals surface area contributed by atoms with Crippen LogP contribution in [0.4, 0.5) is 4.79 Å². The Morgan fingerprint density at radius 1 is 1.09 bits per heavy atom. The van der Waals surface area contributed by atoms with Gasteiger partial charge in [0.25, 0.3) is 0 Å². The topological polar surface area (TPSA) is 135 Å². The minimum Gasteiger partial charge on any atom is -0.490 e. The summed E-state index contributed by atoms with van der Waals surface area (Å²) in [5.74, 6) is 0.217. The van der Waals surface area contributed by atoms with E-state index < -0.39 is 24.3 Å². The van der Waals surface area contributed by atoms with Crippen molar-refractivity contribution in [1.29, 1.82) is 0 Å². The number of aromatic nitrogens is 1. The van der Waals surface area contributed by atoms with Crippen LogP contribution in [0.2, 0.25) is 0 Å². The van der Waals surface area contributed by atoms with Crippen molar-refractivity contribution in [3.8, 4) is 17.2 Å². The van der Waals surface area contributed by atoms with E-state index >= 15 is 0 Å². The monoisotopic (exact) mass is 589 g/mol. The number of aliphatic hydroxyl groups is 1. The lowest BCUT2D eigenvalue weighted by Gasteiger charge is -2.28. The Morgan fingerprint density at radius 3 is 2.51 bits per heavy atom. The molecule has 2 amide bonds. The lowest BCUT2D eigenvalue weighted by atomic mass is 9.95. The van der Waals surface area contributed by atoms with Crippen molar-refractivity contribution in [3.63, 3.8) is 0 Å². The molecule has 2 heterocycles. The van der Waals surface area contributed by atoms with Gasteiger partial charge < -0.3 is 34.5 Å². The number of benzene rings is 2. The number of rotatable bonds is 12. The maximum absolute atomic E-state index is 12.4. The zero-order valence-electron chi connectivity index (χ0n) is 25.4. The minimum absolute atomic E-state index is 0.115. The molecular weight excluding hydrogens is 550 g/mol. The highest BCUT2D eigenvalue weighted by Crippen LogP contribution is 2.35. The highest BCUT2D eigenvalue weighted by atomic mass is 16.5. The van der Waals surface area contributed by atoms with Gasteiger partial charge in [0, 0.05) is 28.3 Å². The second-order valence-electron chi connectivity index (χ2n) is 10.1. The van der Waals surface area contributed by atoms with E-state index in [2.05, 4.69) is 56.9 Å². The van der Waals surface area contributed by atoms with Gasteiger partial charge in [0.1, 0.15) is 6.61 Å². The van der Waals surface area contributed by atoms with Crippen molar-refractivity contribution in [1.82, 2.24) is 20.6 Å². The summed E-state index contributed by atoms with van der Waals surface area (Å²) in [4.78, 5) is 24.6. The molecule has 0 aliphatic carbocycles. The summed E-state index contributed by atoms with van der Waals surface area (Å²) in [6.07, 6.45) is 1.56. The second-order valence-corrected chi connectivity index (χ2v) is 10.1. The fraction of sp³-hybridized carbons (Fsp3) is 0.344. The summed E-state index contributed by atoms with van der Waals surface area (Å²) < 4.78 is 18.7. The fourth-order valence-corrected chi connectivity index (χ4v) is 5.01. The third kappa shape index (κ3) is 7.18. The van der Waals surface area contributed by atoms with Gasteiger partial charge in [-0.25, -0.2) is 9.59 Å². The molecule has 1 aromatic heterocycles. The predicted molar refractivity (Wildman–Crippen MR) is 164 cm³/mol. The van der Waals surface area contributed by atoms with Crippen LogP contribution in [0.5, 0.6) is 11.5 Å². The molecule has 0 spiro atoms.